The smallest absolute Gasteiger partial charge is 0.135 e. The maximum atomic E-state index is 4.30. The fourth-order valence-corrected chi connectivity index (χ4v) is 2.17. The second-order valence-corrected chi connectivity index (χ2v) is 5.28. The van der Waals surface area contributed by atoms with Gasteiger partial charge in [-0.05, 0) is 24.0 Å². The van der Waals surface area contributed by atoms with E-state index in [1.165, 1.54) is 11.1 Å². The molecule has 0 amide bonds. The topological polar surface area (TPSA) is 49.8 Å². The summed E-state index contributed by atoms with van der Waals surface area (Å²) in [6.07, 6.45) is 3.36. The first-order valence-electron chi connectivity index (χ1n) is 7.15. The SMILES string of the molecule is C=CCNc1cc(Nc2c(C)cccc2C(C)C)ncn1. The first kappa shape index (κ1) is 15.0. The summed E-state index contributed by atoms with van der Waals surface area (Å²) < 4.78 is 0. The number of benzene rings is 1. The molecule has 4 nitrogen and oxygen atoms in total. The second-order valence-electron chi connectivity index (χ2n) is 5.28. The molecule has 1 heterocycles. The number of hydrogen-bond acceptors (Lipinski definition) is 4. The first-order chi connectivity index (χ1) is 10.1. The zero-order valence-electron chi connectivity index (χ0n) is 12.9. The van der Waals surface area contributed by atoms with Crippen molar-refractivity contribution in [2.24, 2.45) is 0 Å². The van der Waals surface area contributed by atoms with Crippen LogP contribution in [0.25, 0.3) is 0 Å². The molecule has 2 aromatic rings. The molecular weight excluding hydrogens is 260 g/mol. The minimum absolute atomic E-state index is 0.451. The van der Waals surface area contributed by atoms with Crippen molar-refractivity contribution >= 4 is 17.3 Å². The largest absolute Gasteiger partial charge is 0.366 e. The molecule has 0 aliphatic rings. The number of aryl methyl sites for hydroxylation is 1. The Morgan fingerprint density at radius 1 is 1.24 bits per heavy atom. The fourth-order valence-electron chi connectivity index (χ4n) is 2.17. The first-order valence-corrected chi connectivity index (χ1v) is 7.15. The summed E-state index contributed by atoms with van der Waals surface area (Å²) >= 11 is 0. The lowest BCUT2D eigenvalue weighted by Gasteiger charge is -2.17. The Bertz CT molecular complexity index is 620. The van der Waals surface area contributed by atoms with Gasteiger partial charge in [0.25, 0.3) is 0 Å². The van der Waals surface area contributed by atoms with Gasteiger partial charge < -0.3 is 10.6 Å². The molecule has 1 aromatic heterocycles. The van der Waals surface area contributed by atoms with Gasteiger partial charge in [0.1, 0.15) is 18.0 Å². The molecule has 0 unspecified atom stereocenters. The number of aromatic nitrogens is 2. The molecule has 110 valence electrons. The molecule has 0 radical (unpaired) electrons. The molecule has 0 atom stereocenters. The molecule has 4 heteroatoms. The zero-order valence-corrected chi connectivity index (χ0v) is 12.9. The van der Waals surface area contributed by atoms with Gasteiger partial charge in [0.15, 0.2) is 0 Å². The van der Waals surface area contributed by atoms with Gasteiger partial charge in [-0.1, -0.05) is 38.1 Å². The van der Waals surface area contributed by atoms with E-state index < -0.39 is 0 Å². The van der Waals surface area contributed by atoms with Gasteiger partial charge >= 0.3 is 0 Å². The molecule has 0 aliphatic heterocycles. The maximum Gasteiger partial charge on any atom is 0.135 e. The minimum Gasteiger partial charge on any atom is -0.366 e. The van der Waals surface area contributed by atoms with E-state index >= 15 is 0 Å². The Labute approximate surface area is 126 Å². The average molecular weight is 282 g/mol. The standard InChI is InChI=1S/C17H22N4/c1-5-9-18-15-10-16(20-11-19-15)21-17-13(4)7-6-8-14(17)12(2)3/h5-8,10-12H,1,9H2,2-4H3,(H2,18,19,20,21). The number of anilines is 3. The second kappa shape index (κ2) is 6.88. The Balaban J connectivity index is 2.28. The van der Waals surface area contributed by atoms with Crippen molar-refractivity contribution < 1.29 is 0 Å². The molecule has 0 bridgehead atoms. The van der Waals surface area contributed by atoms with Crippen molar-refractivity contribution in [2.75, 3.05) is 17.2 Å². The van der Waals surface area contributed by atoms with E-state index in [-0.39, 0.29) is 0 Å². The van der Waals surface area contributed by atoms with E-state index in [2.05, 4.69) is 66.2 Å². The van der Waals surface area contributed by atoms with Gasteiger partial charge in [-0.25, -0.2) is 9.97 Å². The van der Waals surface area contributed by atoms with E-state index in [0.29, 0.717) is 12.5 Å². The van der Waals surface area contributed by atoms with E-state index in [9.17, 15) is 0 Å². The van der Waals surface area contributed by atoms with Gasteiger partial charge in [-0.3, -0.25) is 0 Å². The number of rotatable bonds is 6. The minimum atomic E-state index is 0.451. The van der Waals surface area contributed by atoms with Crippen LogP contribution in [0.5, 0.6) is 0 Å². The van der Waals surface area contributed by atoms with E-state index in [0.717, 1.165) is 17.3 Å². The Hall–Kier alpha value is -2.36. The zero-order chi connectivity index (χ0) is 15.2. The highest BCUT2D eigenvalue weighted by atomic mass is 15.1. The third-order valence-corrected chi connectivity index (χ3v) is 3.27. The summed E-state index contributed by atoms with van der Waals surface area (Å²) in [6.45, 7) is 10.9. The van der Waals surface area contributed by atoms with Gasteiger partial charge in [0, 0.05) is 18.3 Å². The van der Waals surface area contributed by atoms with Crippen LogP contribution in [-0.4, -0.2) is 16.5 Å². The molecule has 1 aromatic carbocycles. The summed E-state index contributed by atoms with van der Waals surface area (Å²) in [5.41, 5.74) is 3.62. The molecule has 0 spiro atoms. The Morgan fingerprint density at radius 2 is 2.00 bits per heavy atom. The summed E-state index contributed by atoms with van der Waals surface area (Å²) in [4.78, 5) is 8.48. The van der Waals surface area contributed by atoms with E-state index in [1.807, 2.05) is 6.07 Å². The third kappa shape index (κ3) is 3.81. The maximum absolute atomic E-state index is 4.30. The summed E-state index contributed by atoms with van der Waals surface area (Å²) in [7, 11) is 0. The van der Waals surface area contributed by atoms with Crippen LogP contribution in [0, 0.1) is 6.92 Å². The highest BCUT2D eigenvalue weighted by Gasteiger charge is 2.10. The number of nitrogens with one attached hydrogen (secondary N) is 2. The molecule has 0 fully saturated rings. The van der Waals surface area contributed by atoms with Crippen LogP contribution in [-0.2, 0) is 0 Å². The quantitative estimate of drug-likeness (QED) is 0.778. The molecule has 2 rings (SSSR count). The highest BCUT2D eigenvalue weighted by Crippen LogP contribution is 2.29. The van der Waals surface area contributed by atoms with Crippen LogP contribution in [0.4, 0.5) is 17.3 Å². The average Bonchev–Trinajstić information content (AvgIpc) is 2.47. The van der Waals surface area contributed by atoms with Crippen LogP contribution in [0.3, 0.4) is 0 Å². The summed E-state index contributed by atoms with van der Waals surface area (Å²) in [5.74, 6) is 2.02. The highest BCUT2D eigenvalue weighted by molar-refractivity contribution is 5.66. The normalized spacial score (nSPS) is 10.5. The van der Waals surface area contributed by atoms with Gasteiger partial charge in [-0.15, -0.1) is 6.58 Å². The summed E-state index contributed by atoms with van der Waals surface area (Å²) in [6, 6.07) is 8.25. The Kier molecular flexibility index (Phi) is 4.93. The third-order valence-electron chi connectivity index (χ3n) is 3.27. The van der Waals surface area contributed by atoms with Crippen molar-refractivity contribution in [3.8, 4) is 0 Å². The number of para-hydroxylation sites is 1. The van der Waals surface area contributed by atoms with Crippen LogP contribution in [0.1, 0.15) is 30.9 Å². The Morgan fingerprint density at radius 3 is 2.71 bits per heavy atom. The monoisotopic (exact) mass is 282 g/mol. The molecule has 0 saturated heterocycles. The van der Waals surface area contributed by atoms with Crippen molar-refractivity contribution in [2.45, 2.75) is 26.7 Å². The fraction of sp³-hybridized carbons (Fsp3) is 0.294. The molecule has 0 saturated carbocycles. The van der Waals surface area contributed by atoms with Crippen LogP contribution in [0.2, 0.25) is 0 Å². The predicted octanol–water partition coefficient (Wildman–Crippen LogP) is 4.25. The number of nitrogens with zero attached hydrogens (tertiary/aromatic N) is 2. The van der Waals surface area contributed by atoms with Crippen molar-refractivity contribution in [1.29, 1.82) is 0 Å². The van der Waals surface area contributed by atoms with Crippen molar-refractivity contribution in [3.05, 3.63) is 54.4 Å². The molecular formula is C17H22N4. The van der Waals surface area contributed by atoms with Crippen LogP contribution >= 0.6 is 0 Å². The molecule has 21 heavy (non-hydrogen) atoms. The van der Waals surface area contributed by atoms with Gasteiger partial charge in [-0.2, -0.15) is 0 Å². The molecule has 0 aliphatic carbocycles. The van der Waals surface area contributed by atoms with E-state index in [1.54, 1.807) is 12.4 Å². The van der Waals surface area contributed by atoms with Crippen molar-refractivity contribution in [1.82, 2.24) is 9.97 Å². The van der Waals surface area contributed by atoms with E-state index in [4.69, 9.17) is 0 Å². The lowest BCUT2D eigenvalue weighted by atomic mass is 9.98. The predicted molar refractivity (Wildman–Crippen MR) is 89.3 cm³/mol. The van der Waals surface area contributed by atoms with Crippen LogP contribution < -0.4 is 10.6 Å². The summed E-state index contributed by atoms with van der Waals surface area (Å²) in [5, 5.41) is 6.59. The van der Waals surface area contributed by atoms with Gasteiger partial charge in [0.2, 0.25) is 0 Å². The van der Waals surface area contributed by atoms with Gasteiger partial charge in [0.05, 0.1) is 0 Å². The van der Waals surface area contributed by atoms with Crippen molar-refractivity contribution in [3.63, 3.8) is 0 Å². The lowest BCUT2D eigenvalue weighted by molar-refractivity contribution is 0.867. The van der Waals surface area contributed by atoms with Crippen LogP contribution in [0.15, 0.2) is 43.2 Å². The lowest BCUT2D eigenvalue weighted by Crippen LogP contribution is -2.04. The number of hydrogen-bond donors (Lipinski definition) is 2. The molecule has 2 N–H and O–H groups in total.